The fraction of sp³-hybridized carbons (Fsp3) is 0.833. The number of nitrogens with one attached hydrogen (secondary N) is 1. The van der Waals surface area contributed by atoms with E-state index in [1.807, 2.05) is 6.08 Å². The number of carbonyl (C=O) groups is 2. The lowest BCUT2D eigenvalue weighted by atomic mass is 10.0. The van der Waals surface area contributed by atoms with Crippen molar-refractivity contribution in [1.82, 2.24) is 5.32 Å². The smallest absolute Gasteiger partial charge is 0.305 e. The Morgan fingerprint density at radius 2 is 0.773 bits per heavy atom. The third-order valence-electron chi connectivity index (χ3n) is 13.1. The second-order valence-corrected chi connectivity index (χ2v) is 19.6. The van der Waals surface area contributed by atoms with Crippen molar-refractivity contribution in [3.05, 3.63) is 48.6 Å². The second kappa shape index (κ2) is 55.4. The van der Waals surface area contributed by atoms with E-state index in [0.717, 1.165) is 51.4 Å². The summed E-state index contributed by atoms with van der Waals surface area (Å²) < 4.78 is 5.45. The molecule has 3 N–H and O–H groups in total. The van der Waals surface area contributed by atoms with Crippen LogP contribution in [-0.2, 0) is 14.3 Å². The van der Waals surface area contributed by atoms with Crippen LogP contribution in [0.15, 0.2) is 48.6 Å². The van der Waals surface area contributed by atoms with E-state index in [-0.39, 0.29) is 18.5 Å². The maximum Gasteiger partial charge on any atom is 0.305 e. The summed E-state index contributed by atoms with van der Waals surface area (Å²) >= 11 is 0. The lowest BCUT2D eigenvalue weighted by molar-refractivity contribution is -0.143. The van der Waals surface area contributed by atoms with Crippen LogP contribution in [0.5, 0.6) is 0 Å². The molecule has 6 heteroatoms. The topological polar surface area (TPSA) is 95.9 Å². The molecule has 0 rings (SSSR count). The molecule has 66 heavy (non-hydrogen) atoms. The third kappa shape index (κ3) is 51.2. The first-order valence-electron chi connectivity index (χ1n) is 28.9. The van der Waals surface area contributed by atoms with Crippen molar-refractivity contribution >= 4 is 11.9 Å². The fourth-order valence-electron chi connectivity index (χ4n) is 8.59. The Hall–Kier alpha value is -2.18. The van der Waals surface area contributed by atoms with Crippen LogP contribution in [0.4, 0.5) is 0 Å². The Bertz CT molecular complexity index is 1110. The Labute approximate surface area is 410 Å². The van der Waals surface area contributed by atoms with E-state index in [2.05, 4.69) is 55.6 Å². The second-order valence-electron chi connectivity index (χ2n) is 19.6. The van der Waals surface area contributed by atoms with Crippen LogP contribution in [0.1, 0.15) is 296 Å². The van der Waals surface area contributed by atoms with Crippen LogP contribution in [0.25, 0.3) is 0 Å². The lowest BCUT2D eigenvalue weighted by Gasteiger charge is -2.20. The van der Waals surface area contributed by atoms with Crippen molar-refractivity contribution in [3.8, 4) is 0 Å². The van der Waals surface area contributed by atoms with Gasteiger partial charge >= 0.3 is 5.97 Å². The summed E-state index contributed by atoms with van der Waals surface area (Å²) in [5.41, 5.74) is 0. The summed E-state index contributed by atoms with van der Waals surface area (Å²) in [7, 11) is 0. The van der Waals surface area contributed by atoms with Gasteiger partial charge in [-0.3, -0.25) is 9.59 Å². The summed E-state index contributed by atoms with van der Waals surface area (Å²) in [4.78, 5) is 24.4. The summed E-state index contributed by atoms with van der Waals surface area (Å²) in [6.45, 7) is 4.84. The summed E-state index contributed by atoms with van der Waals surface area (Å²) in [6, 6.07) is -0.629. The Balaban J connectivity index is 3.44. The molecule has 0 aliphatic heterocycles. The highest BCUT2D eigenvalue weighted by molar-refractivity contribution is 5.76. The van der Waals surface area contributed by atoms with Crippen LogP contribution in [0.2, 0.25) is 0 Å². The number of aliphatic hydroxyl groups is 2. The molecule has 0 aromatic carbocycles. The fourth-order valence-corrected chi connectivity index (χ4v) is 8.59. The summed E-state index contributed by atoms with van der Waals surface area (Å²) in [5.74, 6) is -0.0745. The van der Waals surface area contributed by atoms with Crippen molar-refractivity contribution < 1.29 is 24.5 Å². The molecule has 0 heterocycles. The number of ether oxygens (including phenoxy) is 1. The van der Waals surface area contributed by atoms with Gasteiger partial charge in [0.1, 0.15) is 0 Å². The molecule has 0 fully saturated rings. The molecule has 0 saturated heterocycles. The average molecular weight is 927 g/mol. The first-order chi connectivity index (χ1) is 32.5. The normalized spacial score (nSPS) is 13.0. The van der Waals surface area contributed by atoms with Gasteiger partial charge in [-0.1, -0.05) is 249 Å². The van der Waals surface area contributed by atoms with Gasteiger partial charge in [-0.15, -0.1) is 0 Å². The molecule has 2 atom stereocenters. The van der Waals surface area contributed by atoms with Gasteiger partial charge in [0.2, 0.25) is 5.91 Å². The molecule has 0 spiro atoms. The van der Waals surface area contributed by atoms with Crippen molar-refractivity contribution in [2.24, 2.45) is 0 Å². The average Bonchev–Trinajstić information content (AvgIpc) is 3.32. The molecule has 0 saturated carbocycles. The number of unbranched alkanes of at least 4 members (excludes halogenated alkanes) is 36. The minimum absolute atomic E-state index is 0.00160. The number of amides is 1. The van der Waals surface area contributed by atoms with Gasteiger partial charge in [-0.2, -0.15) is 0 Å². The van der Waals surface area contributed by atoms with Gasteiger partial charge in [0.15, 0.2) is 0 Å². The highest BCUT2D eigenvalue weighted by Gasteiger charge is 2.18. The van der Waals surface area contributed by atoms with Crippen molar-refractivity contribution in [2.75, 3.05) is 13.2 Å². The molecule has 386 valence electrons. The Morgan fingerprint density at radius 3 is 1.21 bits per heavy atom. The first-order valence-corrected chi connectivity index (χ1v) is 28.9. The Morgan fingerprint density at radius 1 is 0.424 bits per heavy atom. The third-order valence-corrected chi connectivity index (χ3v) is 13.1. The van der Waals surface area contributed by atoms with Crippen molar-refractivity contribution in [2.45, 2.75) is 309 Å². The van der Waals surface area contributed by atoms with Gasteiger partial charge in [-0.05, 0) is 83.5 Å². The maximum absolute atomic E-state index is 12.4. The first kappa shape index (κ1) is 63.8. The lowest BCUT2D eigenvalue weighted by Crippen LogP contribution is -2.45. The SMILES string of the molecule is CCCC/C=C\CCCCCCCC(=O)OCCCCCCCCCCC/C=C\C/C=C\CCCCCCCCCCCCCC(=O)NC(CO)C(O)/C=C/CCCCCCCCCCC. The number of hydrogen-bond acceptors (Lipinski definition) is 5. The molecule has 0 bridgehead atoms. The van der Waals surface area contributed by atoms with Gasteiger partial charge in [0.05, 0.1) is 25.4 Å². The standard InChI is InChI=1S/C60H111NO5/c1-3-5-7-9-11-13-32-36-40-44-48-52-58(63)57(56-62)61-59(64)53-49-45-41-37-34-30-28-26-24-22-20-18-16-15-17-19-21-23-25-27-29-31-35-39-43-47-51-55-66-60(65)54-50-46-42-38-33-14-12-10-8-6-4-2/h10,12,15-16,19,21,48,52,57-58,62-63H,3-9,11,13-14,17-18,20,22-47,49-51,53-56H2,1-2H3,(H,61,64)/b12-10-,16-15-,21-19-,52-48+. The molecule has 0 aromatic rings. The number of aliphatic hydroxyl groups excluding tert-OH is 2. The molecule has 1 amide bonds. The highest BCUT2D eigenvalue weighted by atomic mass is 16.5. The van der Waals surface area contributed by atoms with Crippen LogP contribution >= 0.6 is 0 Å². The number of allylic oxidation sites excluding steroid dienone is 7. The number of rotatable bonds is 53. The summed E-state index contributed by atoms with van der Waals surface area (Å²) in [5, 5.41) is 23.0. The van der Waals surface area contributed by atoms with Gasteiger partial charge in [0.25, 0.3) is 0 Å². The van der Waals surface area contributed by atoms with E-state index in [1.165, 1.54) is 218 Å². The van der Waals surface area contributed by atoms with Crippen LogP contribution in [-0.4, -0.2) is 47.4 Å². The van der Waals surface area contributed by atoms with Crippen LogP contribution in [0, 0.1) is 0 Å². The minimum atomic E-state index is -0.845. The number of carbonyl (C=O) groups excluding carboxylic acids is 2. The van der Waals surface area contributed by atoms with E-state index in [4.69, 9.17) is 4.74 Å². The maximum atomic E-state index is 12.4. The zero-order valence-corrected chi connectivity index (χ0v) is 43.9. The molecule has 0 aliphatic carbocycles. The van der Waals surface area contributed by atoms with Gasteiger partial charge < -0.3 is 20.3 Å². The van der Waals surface area contributed by atoms with E-state index in [0.29, 0.717) is 19.4 Å². The van der Waals surface area contributed by atoms with Crippen molar-refractivity contribution in [1.29, 1.82) is 0 Å². The van der Waals surface area contributed by atoms with E-state index in [1.54, 1.807) is 6.08 Å². The zero-order chi connectivity index (χ0) is 47.9. The van der Waals surface area contributed by atoms with E-state index in [9.17, 15) is 19.8 Å². The molecular formula is C60H111NO5. The highest BCUT2D eigenvalue weighted by Crippen LogP contribution is 2.16. The minimum Gasteiger partial charge on any atom is -0.466 e. The Kier molecular flexibility index (Phi) is 53.6. The van der Waals surface area contributed by atoms with Crippen LogP contribution in [0.3, 0.4) is 0 Å². The molecule has 2 unspecified atom stereocenters. The molecule has 0 radical (unpaired) electrons. The van der Waals surface area contributed by atoms with E-state index < -0.39 is 12.1 Å². The predicted octanol–water partition coefficient (Wildman–Crippen LogP) is 17.8. The van der Waals surface area contributed by atoms with Gasteiger partial charge in [-0.25, -0.2) is 0 Å². The quantitative estimate of drug-likeness (QED) is 0.0321. The number of esters is 1. The number of hydrogen-bond donors (Lipinski definition) is 3. The molecular weight excluding hydrogens is 815 g/mol. The largest absolute Gasteiger partial charge is 0.466 e. The van der Waals surface area contributed by atoms with Crippen LogP contribution < -0.4 is 5.32 Å². The van der Waals surface area contributed by atoms with Crippen molar-refractivity contribution in [3.63, 3.8) is 0 Å². The van der Waals surface area contributed by atoms with E-state index >= 15 is 0 Å². The zero-order valence-electron chi connectivity index (χ0n) is 43.9. The predicted molar refractivity (Wildman–Crippen MR) is 287 cm³/mol. The molecule has 0 aromatic heterocycles. The summed E-state index contributed by atoms with van der Waals surface area (Å²) in [6.07, 6.45) is 70.0. The monoisotopic (exact) mass is 926 g/mol. The molecule has 0 aliphatic rings. The molecule has 6 nitrogen and oxygen atoms in total. The van der Waals surface area contributed by atoms with Gasteiger partial charge in [0, 0.05) is 12.8 Å².